The van der Waals surface area contributed by atoms with Crippen molar-refractivity contribution in [3.05, 3.63) is 26.8 Å². The fourth-order valence-corrected chi connectivity index (χ4v) is 3.12. The van der Waals surface area contributed by atoms with Crippen molar-refractivity contribution in [2.24, 2.45) is 5.92 Å². The summed E-state index contributed by atoms with van der Waals surface area (Å²) in [4.78, 5) is 11.1. The molecule has 1 aliphatic carbocycles. The first-order chi connectivity index (χ1) is 10.1. The molecule has 0 bridgehead atoms. The van der Waals surface area contributed by atoms with Crippen molar-refractivity contribution in [1.29, 1.82) is 0 Å². The van der Waals surface area contributed by atoms with Gasteiger partial charge in [-0.2, -0.15) is 0 Å². The number of benzene rings is 1. The van der Waals surface area contributed by atoms with Gasteiger partial charge in [-0.05, 0) is 70.0 Å². The molecule has 1 unspecified atom stereocenters. The zero-order chi connectivity index (χ0) is 15.0. The van der Waals surface area contributed by atoms with Crippen LogP contribution in [0.5, 0.6) is 0 Å². The second kappa shape index (κ2) is 5.88. The lowest BCUT2D eigenvalue weighted by Gasteiger charge is -2.16. The van der Waals surface area contributed by atoms with Crippen molar-refractivity contribution in [1.82, 2.24) is 20.2 Å². The largest absolute Gasteiger partial charge is 0.481 e. The number of carboxylic acid groups (broad SMARTS) is 1. The zero-order valence-electron chi connectivity index (χ0n) is 10.9. The third kappa shape index (κ3) is 3.18. The van der Waals surface area contributed by atoms with Crippen LogP contribution in [0.15, 0.2) is 18.2 Å². The Labute approximate surface area is 139 Å². The summed E-state index contributed by atoms with van der Waals surface area (Å²) < 4.78 is 2.61. The topological polar surface area (TPSA) is 80.9 Å². The molecule has 1 aromatic carbocycles. The summed E-state index contributed by atoms with van der Waals surface area (Å²) in [6.45, 7) is 0. The minimum Gasteiger partial charge on any atom is -0.481 e. The van der Waals surface area contributed by atoms with Crippen molar-refractivity contribution in [2.75, 3.05) is 0 Å². The van der Waals surface area contributed by atoms with E-state index in [1.807, 2.05) is 6.07 Å². The van der Waals surface area contributed by atoms with Gasteiger partial charge in [-0.15, -0.1) is 5.10 Å². The molecule has 3 rings (SSSR count). The van der Waals surface area contributed by atoms with Crippen molar-refractivity contribution in [2.45, 2.75) is 25.3 Å². The van der Waals surface area contributed by atoms with E-state index in [0.717, 1.165) is 22.0 Å². The molecule has 1 N–H and O–H groups in total. The Balaban J connectivity index is 2.03. The number of hydrogen-bond acceptors (Lipinski definition) is 4. The highest BCUT2D eigenvalue weighted by molar-refractivity contribution is 14.1. The van der Waals surface area contributed by atoms with Gasteiger partial charge in [-0.25, -0.2) is 4.68 Å². The van der Waals surface area contributed by atoms with Crippen LogP contribution >= 0.6 is 34.2 Å². The van der Waals surface area contributed by atoms with E-state index >= 15 is 0 Å². The van der Waals surface area contributed by atoms with Crippen LogP contribution in [-0.4, -0.2) is 31.3 Å². The molecule has 0 spiro atoms. The summed E-state index contributed by atoms with van der Waals surface area (Å²) in [5.74, 6) is 0.0642. The van der Waals surface area contributed by atoms with E-state index in [2.05, 4.69) is 38.1 Å². The van der Waals surface area contributed by atoms with Gasteiger partial charge in [0.15, 0.2) is 5.82 Å². The van der Waals surface area contributed by atoms with Crippen LogP contribution in [0.25, 0.3) is 11.4 Å². The van der Waals surface area contributed by atoms with E-state index in [9.17, 15) is 4.79 Å². The van der Waals surface area contributed by atoms with Crippen molar-refractivity contribution < 1.29 is 9.90 Å². The maximum Gasteiger partial charge on any atom is 0.305 e. The summed E-state index contributed by atoms with van der Waals surface area (Å²) >= 11 is 8.24. The smallest absolute Gasteiger partial charge is 0.305 e. The van der Waals surface area contributed by atoms with Crippen LogP contribution < -0.4 is 0 Å². The summed E-state index contributed by atoms with van der Waals surface area (Å²) in [7, 11) is 0. The SMILES string of the molecule is O=C(O)CC(C1CC1)n1nnnc1-c1cc(Cl)ccc1I. The number of carbonyl (C=O) groups is 1. The average Bonchev–Trinajstić information content (AvgIpc) is 3.16. The van der Waals surface area contributed by atoms with Crippen LogP contribution in [0.4, 0.5) is 0 Å². The number of carboxylic acids is 1. The van der Waals surface area contributed by atoms with E-state index < -0.39 is 5.97 Å². The molecular weight excluding hydrogens is 407 g/mol. The predicted molar refractivity (Wildman–Crippen MR) is 85.0 cm³/mol. The quantitative estimate of drug-likeness (QED) is 0.755. The van der Waals surface area contributed by atoms with Crippen LogP contribution in [0.2, 0.25) is 5.02 Å². The minimum absolute atomic E-state index is 0.0276. The lowest BCUT2D eigenvalue weighted by Crippen LogP contribution is -2.18. The van der Waals surface area contributed by atoms with Gasteiger partial charge in [0, 0.05) is 14.2 Å². The minimum atomic E-state index is -0.839. The number of nitrogens with zero attached hydrogens (tertiary/aromatic N) is 4. The molecule has 21 heavy (non-hydrogen) atoms. The van der Waals surface area contributed by atoms with E-state index in [-0.39, 0.29) is 12.5 Å². The first kappa shape index (κ1) is 14.7. The number of tetrazole rings is 1. The highest BCUT2D eigenvalue weighted by Gasteiger charge is 2.36. The molecule has 110 valence electrons. The van der Waals surface area contributed by atoms with Gasteiger partial charge >= 0.3 is 5.97 Å². The molecule has 0 aliphatic heterocycles. The van der Waals surface area contributed by atoms with E-state index in [1.54, 1.807) is 16.8 Å². The number of hydrogen-bond donors (Lipinski definition) is 1. The maximum atomic E-state index is 11.1. The molecule has 0 amide bonds. The fraction of sp³-hybridized carbons (Fsp3) is 0.385. The summed E-state index contributed by atoms with van der Waals surface area (Å²) in [6, 6.07) is 5.29. The van der Waals surface area contributed by atoms with Crippen molar-refractivity contribution in [3.63, 3.8) is 0 Å². The molecule has 0 radical (unpaired) electrons. The fourth-order valence-electron chi connectivity index (χ4n) is 2.38. The third-order valence-corrected chi connectivity index (χ3v) is 4.70. The average molecular weight is 419 g/mol. The van der Waals surface area contributed by atoms with E-state index in [4.69, 9.17) is 16.7 Å². The lowest BCUT2D eigenvalue weighted by atomic mass is 10.1. The molecule has 6 nitrogen and oxygen atoms in total. The number of halogens is 2. The third-order valence-electron chi connectivity index (χ3n) is 3.53. The highest BCUT2D eigenvalue weighted by atomic mass is 127. The molecular formula is C13H12ClIN4O2. The van der Waals surface area contributed by atoms with E-state index in [1.165, 1.54) is 0 Å². The Hall–Kier alpha value is -1.22. The molecule has 1 fully saturated rings. The van der Waals surface area contributed by atoms with Crippen LogP contribution in [-0.2, 0) is 4.79 Å². The molecule has 1 aliphatic rings. The lowest BCUT2D eigenvalue weighted by molar-refractivity contribution is -0.138. The molecule has 0 saturated heterocycles. The van der Waals surface area contributed by atoms with Crippen molar-refractivity contribution in [3.8, 4) is 11.4 Å². The summed E-state index contributed by atoms with van der Waals surface area (Å²) in [5.41, 5.74) is 0.823. The highest BCUT2D eigenvalue weighted by Crippen LogP contribution is 2.42. The van der Waals surface area contributed by atoms with Crippen molar-refractivity contribution >= 4 is 40.2 Å². The molecule has 1 aromatic heterocycles. The number of aliphatic carboxylic acids is 1. The zero-order valence-corrected chi connectivity index (χ0v) is 13.8. The van der Waals surface area contributed by atoms with E-state index in [0.29, 0.717) is 16.8 Å². The normalized spacial score (nSPS) is 15.9. The van der Waals surface area contributed by atoms with Gasteiger partial charge in [-0.3, -0.25) is 4.79 Å². The Morgan fingerprint density at radius 2 is 2.29 bits per heavy atom. The first-order valence-electron chi connectivity index (χ1n) is 6.51. The number of rotatable bonds is 5. The predicted octanol–water partition coefficient (Wildman–Crippen LogP) is 3.02. The molecule has 1 atom stereocenters. The van der Waals surface area contributed by atoms with Gasteiger partial charge in [0.05, 0.1) is 12.5 Å². The molecule has 8 heteroatoms. The second-order valence-electron chi connectivity index (χ2n) is 5.07. The molecule has 2 aromatic rings. The van der Waals surface area contributed by atoms with Crippen LogP contribution in [0.1, 0.15) is 25.3 Å². The monoisotopic (exact) mass is 418 g/mol. The Bertz CT molecular complexity index is 687. The summed E-state index contributed by atoms with van der Waals surface area (Å²) in [5, 5.41) is 21.5. The Morgan fingerprint density at radius 3 is 2.95 bits per heavy atom. The molecule has 1 heterocycles. The first-order valence-corrected chi connectivity index (χ1v) is 7.97. The van der Waals surface area contributed by atoms with Gasteiger partial charge in [0.1, 0.15) is 0 Å². The van der Waals surface area contributed by atoms with Crippen LogP contribution in [0, 0.1) is 9.49 Å². The van der Waals surface area contributed by atoms with Crippen LogP contribution in [0.3, 0.4) is 0 Å². The van der Waals surface area contributed by atoms with Gasteiger partial charge in [0.25, 0.3) is 0 Å². The number of aromatic nitrogens is 4. The molecule has 1 saturated carbocycles. The second-order valence-corrected chi connectivity index (χ2v) is 6.67. The summed E-state index contributed by atoms with van der Waals surface area (Å²) in [6.07, 6.45) is 2.06. The van der Waals surface area contributed by atoms with Gasteiger partial charge in [-0.1, -0.05) is 11.6 Å². The van der Waals surface area contributed by atoms with Gasteiger partial charge in [0.2, 0.25) is 0 Å². The maximum absolute atomic E-state index is 11.1. The Morgan fingerprint density at radius 1 is 1.52 bits per heavy atom. The Kier molecular flexibility index (Phi) is 4.12. The standard InChI is InChI=1S/C13H12ClIN4O2/c14-8-3-4-10(15)9(5-8)13-16-17-18-19(13)11(6-12(20)21)7-1-2-7/h3-5,7,11H,1-2,6H2,(H,20,21). The van der Waals surface area contributed by atoms with Gasteiger partial charge < -0.3 is 5.11 Å².